The van der Waals surface area contributed by atoms with Gasteiger partial charge in [-0.2, -0.15) is 0 Å². The van der Waals surface area contributed by atoms with E-state index in [1.54, 1.807) is 0 Å². The number of rotatable bonds is 1. The van der Waals surface area contributed by atoms with E-state index in [1.807, 2.05) is 0 Å². The van der Waals surface area contributed by atoms with Gasteiger partial charge in [-0.1, -0.05) is 13.8 Å². The number of aliphatic hydroxyl groups is 1. The van der Waals surface area contributed by atoms with Crippen LogP contribution >= 0.6 is 0 Å². The van der Waals surface area contributed by atoms with Gasteiger partial charge in [0.25, 0.3) is 0 Å². The Morgan fingerprint density at radius 3 is 2.25 bits per heavy atom. The summed E-state index contributed by atoms with van der Waals surface area (Å²) in [6, 6.07) is 0. The maximum atomic E-state index is 10.9. The van der Waals surface area contributed by atoms with E-state index in [0.29, 0.717) is 0 Å². The molecule has 1 atom stereocenters. The molecule has 0 aromatic rings. The predicted molar refractivity (Wildman–Crippen MR) is 66.2 cm³/mol. The van der Waals surface area contributed by atoms with E-state index < -0.39 is 5.60 Å². The average molecular weight is 226 g/mol. The highest BCUT2D eigenvalue weighted by molar-refractivity contribution is 5.09. The minimum absolute atomic E-state index is 0.240. The lowest BCUT2D eigenvalue weighted by Crippen LogP contribution is -2.66. The van der Waals surface area contributed by atoms with Crippen LogP contribution in [-0.4, -0.2) is 29.3 Å². The monoisotopic (exact) mass is 226 g/mol. The van der Waals surface area contributed by atoms with Gasteiger partial charge in [0.1, 0.15) is 0 Å². The molecule has 3 nitrogen and oxygen atoms in total. The maximum absolute atomic E-state index is 10.9. The van der Waals surface area contributed by atoms with Crippen LogP contribution in [0.4, 0.5) is 0 Å². The van der Waals surface area contributed by atoms with Gasteiger partial charge in [0.05, 0.1) is 5.60 Å². The number of nitrogens with one attached hydrogen (secondary N) is 1. The Kier molecular flexibility index (Phi) is 3.06. The smallest absolute Gasteiger partial charge is 0.0832 e. The molecule has 2 fully saturated rings. The third kappa shape index (κ3) is 2.13. The standard InChI is InChI=1S/C13H26N2O/c1-11(2)4-3-5-13(16,10-11)12(14)6-8-15-9-7-12/h15-16H,3-10,14H2,1-2H3. The zero-order valence-electron chi connectivity index (χ0n) is 10.7. The van der Waals surface area contributed by atoms with E-state index in [2.05, 4.69) is 19.2 Å². The SMILES string of the molecule is CC1(C)CCCC(O)(C2(N)CCNCC2)C1. The van der Waals surface area contributed by atoms with Gasteiger partial charge in [-0.3, -0.25) is 0 Å². The molecule has 1 saturated heterocycles. The largest absolute Gasteiger partial charge is 0.388 e. The molecule has 0 aromatic carbocycles. The third-order valence-electron chi connectivity index (χ3n) is 4.64. The van der Waals surface area contributed by atoms with Crippen LogP contribution in [0.5, 0.6) is 0 Å². The van der Waals surface area contributed by atoms with Crippen LogP contribution in [0.15, 0.2) is 0 Å². The van der Waals surface area contributed by atoms with Crippen molar-refractivity contribution in [3.05, 3.63) is 0 Å². The fourth-order valence-corrected chi connectivity index (χ4v) is 3.59. The highest BCUT2D eigenvalue weighted by atomic mass is 16.3. The molecule has 0 radical (unpaired) electrons. The van der Waals surface area contributed by atoms with Crippen molar-refractivity contribution in [2.45, 2.75) is 63.5 Å². The Morgan fingerprint density at radius 2 is 1.69 bits per heavy atom. The van der Waals surface area contributed by atoms with Crippen molar-refractivity contribution >= 4 is 0 Å². The van der Waals surface area contributed by atoms with Gasteiger partial charge >= 0.3 is 0 Å². The number of nitrogens with two attached hydrogens (primary N) is 1. The molecule has 0 spiro atoms. The van der Waals surface area contributed by atoms with Gasteiger partial charge in [0, 0.05) is 5.54 Å². The molecule has 1 aliphatic heterocycles. The zero-order valence-corrected chi connectivity index (χ0v) is 10.7. The summed E-state index contributed by atoms with van der Waals surface area (Å²) < 4.78 is 0. The first-order valence-corrected chi connectivity index (χ1v) is 6.59. The summed E-state index contributed by atoms with van der Waals surface area (Å²) in [5.41, 5.74) is 5.73. The molecule has 3 heteroatoms. The summed E-state index contributed by atoms with van der Waals surface area (Å²) in [7, 11) is 0. The minimum Gasteiger partial charge on any atom is -0.388 e. The fraction of sp³-hybridized carbons (Fsp3) is 1.00. The Morgan fingerprint density at radius 1 is 1.06 bits per heavy atom. The lowest BCUT2D eigenvalue weighted by Gasteiger charge is -2.53. The molecule has 4 N–H and O–H groups in total. The van der Waals surface area contributed by atoms with E-state index in [0.717, 1.165) is 45.2 Å². The van der Waals surface area contributed by atoms with Gasteiger partial charge in [-0.25, -0.2) is 0 Å². The van der Waals surface area contributed by atoms with Crippen molar-refractivity contribution in [1.29, 1.82) is 0 Å². The quantitative estimate of drug-likeness (QED) is 0.633. The van der Waals surface area contributed by atoms with Crippen molar-refractivity contribution in [3.8, 4) is 0 Å². The Labute approximate surface area is 98.8 Å². The van der Waals surface area contributed by atoms with Gasteiger partial charge < -0.3 is 16.2 Å². The average Bonchev–Trinajstić information content (AvgIpc) is 2.16. The topological polar surface area (TPSA) is 58.3 Å². The number of piperidine rings is 1. The molecule has 1 unspecified atom stereocenters. The first-order valence-electron chi connectivity index (χ1n) is 6.59. The molecule has 2 rings (SSSR count). The lowest BCUT2D eigenvalue weighted by atomic mass is 9.60. The van der Waals surface area contributed by atoms with Crippen LogP contribution in [0.3, 0.4) is 0 Å². The van der Waals surface area contributed by atoms with Crippen molar-refractivity contribution in [3.63, 3.8) is 0 Å². The molecule has 0 aromatic heterocycles. The zero-order chi connectivity index (χ0) is 11.9. The molecule has 94 valence electrons. The number of hydrogen-bond donors (Lipinski definition) is 3. The molecule has 0 amide bonds. The molecule has 0 bridgehead atoms. The maximum Gasteiger partial charge on any atom is 0.0832 e. The van der Waals surface area contributed by atoms with Crippen LogP contribution in [-0.2, 0) is 0 Å². The van der Waals surface area contributed by atoms with Crippen molar-refractivity contribution in [2.75, 3.05) is 13.1 Å². The van der Waals surface area contributed by atoms with Crippen LogP contribution in [0.1, 0.15) is 52.4 Å². The molecular weight excluding hydrogens is 200 g/mol. The Bertz CT molecular complexity index is 259. The first-order chi connectivity index (χ1) is 7.37. The lowest BCUT2D eigenvalue weighted by molar-refractivity contribution is -0.104. The molecule has 1 saturated carbocycles. The highest BCUT2D eigenvalue weighted by Gasteiger charge is 2.51. The Balaban J connectivity index is 2.16. The van der Waals surface area contributed by atoms with Gasteiger partial charge in [0.15, 0.2) is 0 Å². The van der Waals surface area contributed by atoms with Crippen LogP contribution in [0.2, 0.25) is 0 Å². The molecule has 1 heterocycles. The summed E-state index contributed by atoms with van der Waals surface area (Å²) in [5.74, 6) is 0. The summed E-state index contributed by atoms with van der Waals surface area (Å²) in [4.78, 5) is 0. The minimum atomic E-state index is -0.642. The summed E-state index contributed by atoms with van der Waals surface area (Å²) >= 11 is 0. The first kappa shape index (κ1) is 12.3. The van der Waals surface area contributed by atoms with E-state index in [4.69, 9.17) is 5.73 Å². The van der Waals surface area contributed by atoms with Crippen molar-refractivity contribution in [2.24, 2.45) is 11.1 Å². The van der Waals surface area contributed by atoms with Crippen LogP contribution in [0.25, 0.3) is 0 Å². The normalized spacial score (nSPS) is 38.2. The third-order valence-corrected chi connectivity index (χ3v) is 4.64. The van der Waals surface area contributed by atoms with E-state index in [-0.39, 0.29) is 11.0 Å². The highest BCUT2D eigenvalue weighted by Crippen LogP contribution is 2.47. The van der Waals surface area contributed by atoms with Crippen LogP contribution < -0.4 is 11.1 Å². The van der Waals surface area contributed by atoms with Gasteiger partial charge in [-0.05, 0) is 57.0 Å². The fourth-order valence-electron chi connectivity index (χ4n) is 3.59. The summed E-state index contributed by atoms with van der Waals surface area (Å²) in [5, 5.41) is 14.3. The summed E-state index contributed by atoms with van der Waals surface area (Å²) in [6.45, 7) is 6.39. The van der Waals surface area contributed by atoms with Gasteiger partial charge in [-0.15, -0.1) is 0 Å². The second-order valence-corrected chi connectivity index (χ2v) is 6.63. The van der Waals surface area contributed by atoms with Gasteiger partial charge in [0.2, 0.25) is 0 Å². The number of hydrogen-bond acceptors (Lipinski definition) is 3. The summed E-state index contributed by atoms with van der Waals surface area (Å²) in [6.07, 6.45) is 5.86. The van der Waals surface area contributed by atoms with E-state index >= 15 is 0 Å². The second kappa shape index (κ2) is 3.97. The van der Waals surface area contributed by atoms with E-state index in [1.165, 1.54) is 6.42 Å². The molecule has 16 heavy (non-hydrogen) atoms. The molecule has 2 aliphatic rings. The predicted octanol–water partition coefficient (Wildman–Crippen LogP) is 1.40. The van der Waals surface area contributed by atoms with Crippen LogP contribution in [0, 0.1) is 5.41 Å². The van der Waals surface area contributed by atoms with Crippen molar-refractivity contribution < 1.29 is 5.11 Å². The Hall–Kier alpha value is -0.120. The van der Waals surface area contributed by atoms with Crippen molar-refractivity contribution in [1.82, 2.24) is 5.32 Å². The van der Waals surface area contributed by atoms with E-state index in [9.17, 15) is 5.11 Å². The molecular formula is C13H26N2O. The second-order valence-electron chi connectivity index (χ2n) is 6.63. The molecule has 1 aliphatic carbocycles.